The topological polar surface area (TPSA) is 38.3 Å². The van der Waals surface area contributed by atoms with Gasteiger partial charge in [-0.3, -0.25) is 4.79 Å². The number of hydrogen-bond acceptors (Lipinski definition) is 2. The first-order chi connectivity index (χ1) is 9.74. The molecule has 20 heavy (non-hydrogen) atoms. The lowest BCUT2D eigenvalue weighted by molar-refractivity contribution is -0.117. The maximum atomic E-state index is 11.9. The summed E-state index contributed by atoms with van der Waals surface area (Å²) in [5.74, 6) is 2.43. The number of ether oxygens (including phenoxy) is 1. The molecule has 1 N–H and O–H groups in total. The summed E-state index contributed by atoms with van der Waals surface area (Å²) in [6.45, 7) is 0. The van der Waals surface area contributed by atoms with Gasteiger partial charge in [0.1, 0.15) is 5.75 Å². The maximum Gasteiger partial charge on any atom is 0.244 e. The Kier molecular flexibility index (Phi) is 3.77. The minimum atomic E-state index is 0.0263. The summed E-state index contributed by atoms with van der Waals surface area (Å²) in [4.78, 5) is 11.9. The molecule has 106 valence electrons. The molecule has 0 aromatic heterocycles. The summed E-state index contributed by atoms with van der Waals surface area (Å²) >= 11 is 0. The third-order valence-electron chi connectivity index (χ3n) is 4.61. The highest BCUT2D eigenvalue weighted by atomic mass is 16.5. The number of nitrogens with one attached hydrogen (secondary N) is 1. The van der Waals surface area contributed by atoms with Crippen molar-refractivity contribution in [3.05, 3.63) is 35.9 Å². The second kappa shape index (κ2) is 5.70. The molecule has 1 aromatic carbocycles. The molecule has 1 amide bonds. The predicted molar refractivity (Wildman–Crippen MR) is 79.4 cm³/mol. The lowest BCUT2D eigenvalue weighted by atomic mass is 9.95. The average molecular weight is 271 g/mol. The first kappa shape index (κ1) is 13.2. The van der Waals surface area contributed by atoms with E-state index < -0.39 is 0 Å². The zero-order chi connectivity index (χ0) is 13.9. The molecule has 3 nitrogen and oxygen atoms in total. The zero-order valence-corrected chi connectivity index (χ0v) is 11.8. The molecule has 2 bridgehead atoms. The zero-order valence-electron chi connectivity index (χ0n) is 11.8. The number of carbonyl (C=O) groups excluding carboxylic acids is 1. The third kappa shape index (κ3) is 2.87. The van der Waals surface area contributed by atoms with Crippen molar-refractivity contribution in [1.82, 2.24) is 5.32 Å². The van der Waals surface area contributed by atoms with E-state index in [9.17, 15) is 4.79 Å². The van der Waals surface area contributed by atoms with Crippen LogP contribution in [0.1, 0.15) is 31.2 Å². The van der Waals surface area contributed by atoms with Crippen molar-refractivity contribution in [3.63, 3.8) is 0 Å². The van der Waals surface area contributed by atoms with Crippen LogP contribution in [0.25, 0.3) is 6.08 Å². The van der Waals surface area contributed by atoms with Gasteiger partial charge < -0.3 is 10.1 Å². The monoisotopic (exact) mass is 271 g/mol. The summed E-state index contributed by atoms with van der Waals surface area (Å²) in [7, 11) is 1.65. The largest absolute Gasteiger partial charge is 0.497 e. The number of benzene rings is 1. The van der Waals surface area contributed by atoms with Crippen molar-refractivity contribution in [2.45, 2.75) is 31.7 Å². The number of fused-ring (bicyclic) bond motifs is 2. The Hall–Kier alpha value is -1.77. The van der Waals surface area contributed by atoms with Crippen LogP contribution in [-0.4, -0.2) is 19.1 Å². The van der Waals surface area contributed by atoms with Crippen molar-refractivity contribution in [3.8, 4) is 5.75 Å². The van der Waals surface area contributed by atoms with Crippen molar-refractivity contribution in [1.29, 1.82) is 0 Å². The van der Waals surface area contributed by atoms with Gasteiger partial charge in [-0.05, 0) is 54.9 Å². The van der Waals surface area contributed by atoms with E-state index in [1.807, 2.05) is 30.3 Å². The van der Waals surface area contributed by atoms with Gasteiger partial charge in [-0.2, -0.15) is 0 Å². The van der Waals surface area contributed by atoms with Crippen LogP contribution in [0.2, 0.25) is 0 Å². The van der Waals surface area contributed by atoms with Gasteiger partial charge in [0.05, 0.1) is 7.11 Å². The van der Waals surface area contributed by atoms with E-state index in [0.29, 0.717) is 6.04 Å². The van der Waals surface area contributed by atoms with Crippen LogP contribution in [0.3, 0.4) is 0 Å². The molecule has 1 aromatic rings. The van der Waals surface area contributed by atoms with E-state index in [0.717, 1.165) is 23.1 Å². The molecule has 2 fully saturated rings. The van der Waals surface area contributed by atoms with Gasteiger partial charge in [0.25, 0.3) is 0 Å². The van der Waals surface area contributed by atoms with Crippen molar-refractivity contribution >= 4 is 12.0 Å². The Morgan fingerprint density at radius 1 is 1.25 bits per heavy atom. The second-order valence-corrected chi connectivity index (χ2v) is 5.90. The Bertz CT molecular complexity index is 506. The quantitative estimate of drug-likeness (QED) is 0.855. The first-order valence-electron chi connectivity index (χ1n) is 7.37. The highest BCUT2D eigenvalue weighted by Crippen LogP contribution is 2.44. The second-order valence-electron chi connectivity index (χ2n) is 5.90. The van der Waals surface area contributed by atoms with Gasteiger partial charge >= 0.3 is 0 Å². The van der Waals surface area contributed by atoms with Crippen LogP contribution in [0.4, 0.5) is 0 Å². The molecule has 3 heteroatoms. The predicted octanol–water partition coefficient (Wildman–Crippen LogP) is 3.01. The summed E-state index contributed by atoms with van der Waals surface area (Å²) < 4.78 is 5.11. The van der Waals surface area contributed by atoms with E-state index in [1.165, 1.54) is 25.7 Å². The van der Waals surface area contributed by atoms with Crippen LogP contribution >= 0.6 is 0 Å². The molecule has 3 rings (SSSR count). The molecule has 0 saturated heterocycles. The van der Waals surface area contributed by atoms with Gasteiger partial charge in [0.15, 0.2) is 0 Å². The molecule has 2 saturated carbocycles. The average Bonchev–Trinajstić information content (AvgIpc) is 3.08. The van der Waals surface area contributed by atoms with E-state index in [-0.39, 0.29) is 5.91 Å². The lowest BCUT2D eigenvalue weighted by Gasteiger charge is -2.22. The van der Waals surface area contributed by atoms with E-state index in [4.69, 9.17) is 4.74 Å². The molecular weight excluding hydrogens is 250 g/mol. The molecule has 2 aliphatic rings. The van der Waals surface area contributed by atoms with Crippen LogP contribution in [0, 0.1) is 11.8 Å². The molecule has 0 heterocycles. The minimum absolute atomic E-state index is 0.0263. The molecule has 3 atom stereocenters. The molecule has 0 radical (unpaired) electrons. The number of amides is 1. The van der Waals surface area contributed by atoms with Crippen molar-refractivity contribution < 1.29 is 9.53 Å². The number of methoxy groups -OCH3 is 1. The Morgan fingerprint density at radius 3 is 2.65 bits per heavy atom. The molecule has 0 unspecified atom stereocenters. The fraction of sp³-hybridized carbons (Fsp3) is 0.471. The highest BCUT2D eigenvalue weighted by molar-refractivity contribution is 5.91. The van der Waals surface area contributed by atoms with E-state index >= 15 is 0 Å². The highest BCUT2D eigenvalue weighted by Gasteiger charge is 2.39. The van der Waals surface area contributed by atoms with E-state index in [2.05, 4.69) is 5.32 Å². The van der Waals surface area contributed by atoms with Crippen LogP contribution < -0.4 is 10.1 Å². The Morgan fingerprint density at radius 2 is 2.05 bits per heavy atom. The number of rotatable bonds is 4. The SMILES string of the molecule is COc1ccc(/C=C/C(=O)N[C@@H]2C[C@@H]3CC[C@H]2C3)cc1. The molecule has 0 spiro atoms. The maximum absolute atomic E-state index is 11.9. The molecule has 0 aliphatic heterocycles. The van der Waals surface area contributed by atoms with Crippen LogP contribution in [0.5, 0.6) is 5.75 Å². The first-order valence-corrected chi connectivity index (χ1v) is 7.37. The number of carbonyl (C=O) groups is 1. The molecular formula is C17H21NO2. The molecule has 2 aliphatic carbocycles. The van der Waals surface area contributed by atoms with Gasteiger partial charge in [-0.1, -0.05) is 18.6 Å². The van der Waals surface area contributed by atoms with Crippen LogP contribution in [0.15, 0.2) is 30.3 Å². The minimum Gasteiger partial charge on any atom is -0.497 e. The third-order valence-corrected chi connectivity index (χ3v) is 4.61. The Labute approximate surface area is 120 Å². The fourth-order valence-electron chi connectivity index (χ4n) is 3.54. The van der Waals surface area contributed by atoms with Crippen LogP contribution in [-0.2, 0) is 4.79 Å². The Balaban J connectivity index is 1.54. The van der Waals surface area contributed by atoms with E-state index in [1.54, 1.807) is 13.2 Å². The normalized spacial score (nSPS) is 27.9. The van der Waals surface area contributed by atoms with Gasteiger partial charge in [0.2, 0.25) is 5.91 Å². The summed E-state index contributed by atoms with van der Waals surface area (Å²) in [6, 6.07) is 8.09. The summed E-state index contributed by atoms with van der Waals surface area (Å²) in [6.07, 6.45) is 8.62. The van der Waals surface area contributed by atoms with Gasteiger partial charge in [-0.15, -0.1) is 0 Å². The van der Waals surface area contributed by atoms with Crippen molar-refractivity contribution in [2.75, 3.05) is 7.11 Å². The van der Waals surface area contributed by atoms with Gasteiger partial charge in [0, 0.05) is 12.1 Å². The fourth-order valence-corrected chi connectivity index (χ4v) is 3.54. The van der Waals surface area contributed by atoms with Gasteiger partial charge in [-0.25, -0.2) is 0 Å². The standard InChI is InChI=1S/C17H21NO2/c1-20-15-7-3-12(4-8-15)5-9-17(19)18-16-11-13-2-6-14(16)10-13/h3-5,7-9,13-14,16H,2,6,10-11H2,1H3,(H,18,19)/b9-5+/t13-,14+,16-/m1/s1. The smallest absolute Gasteiger partial charge is 0.244 e. The number of hydrogen-bond donors (Lipinski definition) is 1. The lowest BCUT2D eigenvalue weighted by Crippen LogP contribution is -2.37. The summed E-state index contributed by atoms with van der Waals surface area (Å²) in [5, 5.41) is 3.15. The summed E-state index contributed by atoms with van der Waals surface area (Å²) in [5.41, 5.74) is 1.01. The van der Waals surface area contributed by atoms with Crippen molar-refractivity contribution in [2.24, 2.45) is 11.8 Å².